The van der Waals surface area contributed by atoms with Crippen LogP contribution in [0.3, 0.4) is 0 Å². The summed E-state index contributed by atoms with van der Waals surface area (Å²) in [6, 6.07) is 12.3. The topological polar surface area (TPSA) is 59.8 Å². The summed E-state index contributed by atoms with van der Waals surface area (Å²) < 4.78 is 1.69. The molecule has 5 nitrogen and oxygen atoms in total. The van der Waals surface area contributed by atoms with Gasteiger partial charge in [0.25, 0.3) is 0 Å². The SMILES string of the molecule is CCC(C)NC(=O)Cn1nc(C)c2c(-c3ccccc3)ccnc21. The summed E-state index contributed by atoms with van der Waals surface area (Å²) in [7, 11) is 0. The van der Waals surface area contributed by atoms with Gasteiger partial charge in [0, 0.05) is 17.6 Å². The van der Waals surface area contributed by atoms with Crippen LogP contribution in [0.4, 0.5) is 0 Å². The summed E-state index contributed by atoms with van der Waals surface area (Å²) in [6.07, 6.45) is 2.68. The summed E-state index contributed by atoms with van der Waals surface area (Å²) in [5.41, 5.74) is 3.84. The van der Waals surface area contributed by atoms with Gasteiger partial charge in [-0.05, 0) is 37.5 Å². The summed E-state index contributed by atoms with van der Waals surface area (Å²) >= 11 is 0. The number of nitrogens with zero attached hydrogens (tertiary/aromatic N) is 3. The summed E-state index contributed by atoms with van der Waals surface area (Å²) in [5, 5.41) is 8.51. The van der Waals surface area contributed by atoms with Crippen molar-refractivity contribution in [3.8, 4) is 11.1 Å². The zero-order valence-corrected chi connectivity index (χ0v) is 14.3. The van der Waals surface area contributed by atoms with Gasteiger partial charge in [-0.25, -0.2) is 9.67 Å². The first kappa shape index (κ1) is 16.2. The zero-order chi connectivity index (χ0) is 17.1. The average molecular weight is 322 g/mol. The lowest BCUT2D eigenvalue weighted by Crippen LogP contribution is -2.34. The Labute approximate surface area is 141 Å². The van der Waals surface area contributed by atoms with Gasteiger partial charge in [0.1, 0.15) is 6.54 Å². The maximum Gasteiger partial charge on any atom is 0.242 e. The minimum atomic E-state index is -0.0411. The molecule has 0 aliphatic rings. The molecule has 0 spiro atoms. The molecular formula is C19H22N4O. The molecule has 1 atom stereocenters. The van der Waals surface area contributed by atoms with Crippen molar-refractivity contribution in [2.75, 3.05) is 0 Å². The highest BCUT2D eigenvalue weighted by Crippen LogP contribution is 2.29. The molecular weight excluding hydrogens is 300 g/mol. The molecule has 0 aliphatic heterocycles. The molecule has 0 radical (unpaired) electrons. The summed E-state index contributed by atoms with van der Waals surface area (Å²) in [6.45, 7) is 6.18. The standard InChI is InChI=1S/C19H22N4O/c1-4-13(2)21-17(24)12-23-19-18(14(3)22-23)16(10-11-20-19)15-8-6-5-7-9-15/h5-11,13H,4,12H2,1-3H3,(H,21,24). The fraction of sp³-hybridized carbons (Fsp3) is 0.316. The quantitative estimate of drug-likeness (QED) is 0.784. The maximum absolute atomic E-state index is 12.2. The van der Waals surface area contributed by atoms with Gasteiger partial charge in [-0.1, -0.05) is 37.3 Å². The van der Waals surface area contributed by atoms with Crippen molar-refractivity contribution in [1.29, 1.82) is 0 Å². The third kappa shape index (κ3) is 3.15. The number of carbonyl (C=O) groups is 1. The van der Waals surface area contributed by atoms with Gasteiger partial charge in [0.05, 0.1) is 5.69 Å². The van der Waals surface area contributed by atoms with Crippen molar-refractivity contribution < 1.29 is 4.79 Å². The summed E-state index contributed by atoms with van der Waals surface area (Å²) in [5.74, 6) is -0.0411. The number of carbonyl (C=O) groups excluding carboxylic acids is 1. The number of hydrogen-bond acceptors (Lipinski definition) is 3. The molecule has 0 aliphatic carbocycles. The average Bonchev–Trinajstić information content (AvgIpc) is 2.91. The van der Waals surface area contributed by atoms with E-state index in [-0.39, 0.29) is 18.5 Å². The second kappa shape index (κ2) is 6.83. The number of amides is 1. The minimum absolute atomic E-state index is 0.0411. The summed E-state index contributed by atoms with van der Waals surface area (Å²) in [4.78, 5) is 16.7. The van der Waals surface area contributed by atoms with Crippen LogP contribution in [0.25, 0.3) is 22.2 Å². The Kier molecular flexibility index (Phi) is 4.60. The predicted molar refractivity (Wildman–Crippen MR) is 95.6 cm³/mol. The number of fused-ring (bicyclic) bond motifs is 1. The molecule has 2 aromatic heterocycles. The van der Waals surface area contributed by atoms with Crippen molar-refractivity contribution in [1.82, 2.24) is 20.1 Å². The highest BCUT2D eigenvalue weighted by atomic mass is 16.2. The van der Waals surface area contributed by atoms with Crippen molar-refractivity contribution in [3.05, 3.63) is 48.3 Å². The van der Waals surface area contributed by atoms with E-state index in [9.17, 15) is 4.79 Å². The van der Waals surface area contributed by atoms with Crippen LogP contribution < -0.4 is 5.32 Å². The number of pyridine rings is 1. The van der Waals surface area contributed by atoms with Crippen molar-refractivity contribution in [2.45, 2.75) is 39.8 Å². The van der Waals surface area contributed by atoms with E-state index in [1.807, 2.05) is 45.0 Å². The Bertz CT molecular complexity index is 854. The molecule has 0 bridgehead atoms. The molecule has 1 amide bonds. The van der Waals surface area contributed by atoms with Gasteiger partial charge < -0.3 is 5.32 Å². The largest absolute Gasteiger partial charge is 0.352 e. The number of nitrogens with one attached hydrogen (secondary N) is 1. The van der Waals surface area contributed by atoms with Crippen LogP contribution in [0.2, 0.25) is 0 Å². The Morgan fingerprint density at radius 2 is 2.00 bits per heavy atom. The zero-order valence-electron chi connectivity index (χ0n) is 14.3. The Balaban J connectivity index is 1.99. The molecule has 5 heteroatoms. The Hall–Kier alpha value is -2.69. The smallest absolute Gasteiger partial charge is 0.242 e. The van der Waals surface area contributed by atoms with E-state index in [0.29, 0.717) is 0 Å². The number of hydrogen-bond donors (Lipinski definition) is 1. The third-order valence-corrected chi connectivity index (χ3v) is 4.21. The van der Waals surface area contributed by atoms with E-state index in [2.05, 4.69) is 27.5 Å². The lowest BCUT2D eigenvalue weighted by atomic mass is 10.0. The van der Waals surface area contributed by atoms with Crippen LogP contribution in [-0.4, -0.2) is 26.7 Å². The van der Waals surface area contributed by atoms with Crippen LogP contribution >= 0.6 is 0 Å². The monoisotopic (exact) mass is 322 g/mol. The Morgan fingerprint density at radius 3 is 2.71 bits per heavy atom. The van der Waals surface area contributed by atoms with Crippen molar-refractivity contribution in [3.63, 3.8) is 0 Å². The van der Waals surface area contributed by atoms with Crippen LogP contribution in [0.1, 0.15) is 26.0 Å². The second-order valence-electron chi connectivity index (χ2n) is 6.04. The van der Waals surface area contributed by atoms with Crippen LogP contribution in [0, 0.1) is 6.92 Å². The van der Waals surface area contributed by atoms with Crippen LogP contribution in [0.15, 0.2) is 42.6 Å². The van der Waals surface area contributed by atoms with Crippen LogP contribution in [-0.2, 0) is 11.3 Å². The molecule has 3 rings (SSSR count). The van der Waals surface area contributed by atoms with Gasteiger partial charge in [-0.3, -0.25) is 4.79 Å². The molecule has 1 unspecified atom stereocenters. The first-order chi connectivity index (χ1) is 11.6. The number of aromatic nitrogens is 3. The van der Waals surface area contributed by atoms with E-state index in [1.165, 1.54) is 0 Å². The van der Waals surface area contributed by atoms with E-state index < -0.39 is 0 Å². The van der Waals surface area contributed by atoms with Gasteiger partial charge in [0.2, 0.25) is 5.91 Å². The first-order valence-corrected chi connectivity index (χ1v) is 8.27. The number of benzene rings is 1. The number of rotatable bonds is 5. The highest BCUT2D eigenvalue weighted by Gasteiger charge is 2.16. The second-order valence-corrected chi connectivity index (χ2v) is 6.04. The predicted octanol–water partition coefficient (Wildman–Crippen LogP) is 3.32. The lowest BCUT2D eigenvalue weighted by Gasteiger charge is -2.11. The van der Waals surface area contributed by atoms with E-state index in [1.54, 1.807) is 10.9 Å². The molecule has 0 saturated carbocycles. The third-order valence-electron chi connectivity index (χ3n) is 4.21. The van der Waals surface area contributed by atoms with Crippen LogP contribution in [0.5, 0.6) is 0 Å². The molecule has 2 heterocycles. The number of aryl methyl sites for hydroxylation is 1. The van der Waals surface area contributed by atoms with Gasteiger partial charge in [-0.15, -0.1) is 0 Å². The molecule has 24 heavy (non-hydrogen) atoms. The lowest BCUT2D eigenvalue weighted by molar-refractivity contribution is -0.122. The minimum Gasteiger partial charge on any atom is -0.352 e. The first-order valence-electron chi connectivity index (χ1n) is 8.27. The van der Waals surface area contributed by atoms with Gasteiger partial charge in [-0.2, -0.15) is 5.10 Å². The van der Waals surface area contributed by atoms with E-state index >= 15 is 0 Å². The molecule has 0 saturated heterocycles. The maximum atomic E-state index is 12.2. The van der Waals surface area contributed by atoms with E-state index in [0.717, 1.165) is 34.3 Å². The highest BCUT2D eigenvalue weighted by molar-refractivity contribution is 5.95. The fourth-order valence-corrected chi connectivity index (χ4v) is 2.81. The normalized spacial score (nSPS) is 12.3. The Morgan fingerprint density at radius 1 is 1.25 bits per heavy atom. The molecule has 1 N–H and O–H groups in total. The van der Waals surface area contributed by atoms with Crippen molar-refractivity contribution >= 4 is 16.9 Å². The molecule has 0 fully saturated rings. The van der Waals surface area contributed by atoms with Gasteiger partial charge >= 0.3 is 0 Å². The van der Waals surface area contributed by atoms with Crippen molar-refractivity contribution in [2.24, 2.45) is 0 Å². The molecule has 3 aromatic rings. The fourth-order valence-electron chi connectivity index (χ4n) is 2.81. The molecule has 124 valence electrons. The molecule has 1 aromatic carbocycles. The van der Waals surface area contributed by atoms with Gasteiger partial charge in [0.15, 0.2) is 5.65 Å². The van der Waals surface area contributed by atoms with E-state index in [4.69, 9.17) is 0 Å².